The normalized spacial score (nSPS) is 10.2. The van der Waals surface area contributed by atoms with Crippen molar-refractivity contribution < 1.29 is 5.11 Å². The Balaban J connectivity index is 3.13. The summed E-state index contributed by atoms with van der Waals surface area (Å²) in [5, 5.41) is 11.6. The van der Waals surface area contributed by atoms with E-state index in [4.69, 9.17) is 5.11 Å². The molecule has 0 bridgehead atoms. The largest absolute Gasteiger partial charge is 0.396 e. The minimum absolute atomic E-state index is 0.0591. The van der Waals surface area contributed by atoms with Gasteiger partial charge in [-0.3, -0.25) is 13.9 Å². The second-order valence-corrected chi connectivity index (χ2v) is 3.61. The van der Waals surface area contributed by atoms with Crippen LogP contribution in [-0.4, -0.2) is 27.4 Å². The number of aliphatic hydroxyl groups excluding tert-OH is 1. The predicted molar refractivity (Wildman–Crippen MR) is 66.3 cm³/mol. The van der Waals surface area contributed by atoms with Crippen molar-refractivity contribution in [2.24, 2.45) is 7.05 Å². The van der Waals surface area contributed by atoms with Gasteiger partial charge < -0.3 is 10.4 Å². The van der Waals surface area contributed by atoms with E-state index >= 15 is 0 Å². The Labute approximate surface area is 98.8 Å². The first kappa shape index (κ1) is 13.2. The third kappa shape index (κ3) is 3.07. The van der Waals surface area contributed by atoms with Crippen LogP contribution in [0.2, 0.25) is 0 Å². The zero-order chi connectivity index (χ0) is 12.8. The maximum atomic E-state index is 11.8. The smallest absolute Gasteiger partial charge is 0.332 e. The molecule has 0 radical (unpaired) electrons. The van der Waals surface area contributed by atoms with Crippen LogP contribution in [0.1, 0.15) is 6.42 Å². The molecule has 0 aliphatic carbocycles. The Morgan fingerprint density at radius 1 is 1.53 bits per heavy atom. The second kappa shape index (κ2) is 6.05. The van der Waals surface area contributed by atoms with Crippen molar-refractivity contribution in [1.29, 1.82) is 0 Å². The second-order valence-electron chi connectivity index (χ2n) is 3.61. The highest BCUT2D eigenvalue weighted by Gasteiger charge is 2.07. The Kier molecular flexibility index (Phi) is 4.71. The average Bonchev–Trinajstić information content (AvgIpc) is 2.31. The van der Waals surface area contributed by atoms with Crippen LogP contribution >= 0.6 is 0 Å². The fourth-order valence-electron chi connectivity index (χ4n) is 1.42. The zero-order valence-electron chi connectivity index (χ0n) is 9.85. The van der Waals surface area contributed by atoms with E-state index in [2.05, 4.69) is 11.9 Å². The first-order chi connectivity index (χ1) is 8.11. The molecule has 0 atom stereocenters. The van der Waals surface area contributed by atoms with Crippen LogP contribution in [0.5, 0.6) is 0 Å². The number of anilines is 1. The summed E-state index contributed by atoms with van der Waals surface area (Å²) < 4.78 is 2.46. The molecule has 0 unspecified atom stereocenters. The Morgan fingerprint density at radius 3 is 2.82 bits per heavy atom. The molecule has 2 N–H and O–H groups in total. The van der Waals surface area contributed by atoms with Gasteiger partial charge in [0.05, 0.1) is 0 Å². The highest BCUT2D eigenvalue weighted by atomic mass is 16.3. The summed E-state index contributed by atoms with van der Waals surface area (Å²) in [6.45, 7) is 4.46. The summed E-state index contributed by atoms with van der Waals surface area (Å²) in [6, 6.07) is 1.36. The van der Waals surface area contributed by atoms with Crippen molar-refractivity contribution in [2.75, 3.05) is 18.5 Å². The van der Waals surface area contributed by atoms with Gasteiger partial charge in [-0.25, -0.2) is 4.79 Å². The van der Waals surface area contributed by atoms with Gasteiger partial charge in [-0.2, -0.15) is 0 Å². The zero-order valence-corrected chi connectivity index (χ0v) is 9.85. The van der Waals surface area contributed by atoms with Gasteiger partial charge >= 0.3 is 5.69 Å². The van der Waals surface area contributed by atoms with Crippen molar-refractivity contribution in [3.8, 4) is 0 Å². The lowest BCUT2D eigenvalue weighted by Crippen LogP contribution is -2.38. The fraction of sp³-hybridized carbons (Fsp3) is 0.455. The quantitative estimate of drug-likeness (QED) is 0.519. The number of hydrogen-bond acceptors (Lipinski definition) is 4. The van der Waals surface area contributed by atoms with E-state index in [0.29, 0.717) is 25.3 Å². The van der Waals surface area contributed by atoms with Gasteiger partial charge in [0, 0.05) is 32.8 Å². The molecule has 0 amide bonds. The van der Waals surface area contributed by atoms with E-state index < -0.39 is 0 Å². The Morgan fingerprint density at radius 2 is 2.24 bits per heavy atom. The molecule has 94 valence electrons. The first-order valence-corrected chi connectivity index (χ1v) is 5.38. The first-order valence-electron chi connectivity index (χ1n) is 5.38. The molecule has 6 heteroatoms. The van der Waals surface area contributed by atoms with E-state index in [1.165, 1.54) is 17.7 Å². The number of nitrogens with one attached hydrogen (secondary N) is 1. The third-order valence-electron chi connectivity index (χ3n) is 2.35. The number of aliphatic hydroxyl groups is 1. The minimum atomic E-state index is -0.385. The van der Waals surface area contributed by atoms with Crippen LogP contribution in [0.25, 0.3) is 0 Å². The molecule has 0 aliphatic rings. The number of rotatable bonds is 6. The summed E-state index contributed by atoms with van der Waals surface area (Å²) in [5.41, 5.74) is -0.745. The molecule has 0 saturated heterocycles. The van der Waals surface area contributed by atoms with Crippen molar-refractivity contribution in [3.05, 3.63) is 39.6 Å². The molecule has 0 spiro atoms. The van der Waals surface area contributed by atoms with Crippen LogP contribution in [0.3, 0.4) is 0 Å². The lowest BCUT2D eigenvalue weighted by atomic mass is 10.4. The topological polar surface area (TPSA) is 76.3 Å². The molecular weight excluding hydrogens is 222 g/mol. The third-order valence-corrected chi connectivity index (χ3v) is 2.35. The highest BCUT2D eigenvalue weighted by Crippen LogP contribution is 2.01. The summed E-state index contributed by atoms with van der Waals surface area (Å²) in [4.78, 5) is 23.3. The lowest BCUT2D eigenvalue weighted by molar-refractivity contribution is 0.292. The van der Waals surface area contributed by atoms with Gasteiger partial charge in [0.1, 0.15) is 5.82 Å². The van der Waals surface area contributed by atoms with Crippen molar-refractivity contribution in [3.63, 3.8) is 0 Å². The van der Waals surface area contributed by atoms with E-state index in [-0.39, 0.29) is 17.9 Å². The molecule has 17 heavy (non-hydrogen) atoms. The van der Waals surface area contributed by atoms with Gasteiger partial charge in [-0.05, 0) is 6.42 Å². The molecule has 1 rings (SSSR count). The van der Waals surface area contributed by atoms with E-state index in [1.807, 2.05) is 0 Å². The molecule has 0 fully saturated rings. The van der Waals surface area contributed by atoms with Crippen LogP contribution in [0.15, 0.2) is 28.3 Å². The van der Waals surface area contributed by atoms with Crippen LogP contribution in [0.4, 0.5) is 5.82 Å². The summed E-state index contributed by atoms with van der Waals surface area (Å²) in [6.07, 6.45) is 2.14. The predicted octanol–water partition coefficient (Wildman–Crippen LogP) is -0.473. The van der Waals surface area contributed by atoms with E-state index in [9.17, 15) is 9.59 Å². The monoisotopic (exact) mass is 239 g/mol. The van der Waals surface area contributed by atoms with Crippen LogP contribution < -0.4 is 16.6 Å². The standard InChI is InChI=1S/C11H17N3O3/c1-3-6-14-9(12-5-4-7-15)8-10(16)13(2)11(14)17/h3,8,12,15H,1,4-7H2,2H3. The van der Waals surface area contributed by atoms with Gasteiger partial charge in [0.2, 0.25) is 0 Å². The number of aromatic nitrogens is 2. The Bertz CT molecular complexity index is 502. The molecule has 1 aromatic rings. The maximum absolute atomic E-state index is 11.8. The number of nitrogens with zero attached hydrogens (tertiary/aromatic N) is 2. The SMILES string of the molecule is C=CCn1c(NCCCO)cc(=O)n(C)c1=O. The number of allylic oxidation sites excluding steroid dienone is 1. The molecule has 1 aromatic heterocycles. The van der Waals surface area contributed by atoms with Crippen LogP contribution in [-0.2, 0) is 13.6 Å². The Hall–Kier alpha value is -1.82. The molecule has 1 heterocycles. The molecule has 0 saturated carbocycles. The summed E-state index contributed by atoms with van der Waals surface area (Å²) in [7, 11) is 1.43. The van der Waals surface area contributed by atoms with Gasteiger partial charge in [-0.1, -0.05) is 6.08 Å². The van der Waals surface area contributed by atoms with E-state index in [1.54, 1.807) is 6.08 Å². The highest BCUT2D eigenvalue weighted by molar-refractivity contribution is 5.34. The molecular formula is C11H17N3O3. The van der Waals surface area contributed by atoms with E-state index in [0.717, 1.165) is 4.57 Å². The lowest BCUT2D eigenvalue weighted by Gasteiger charge is -2.13. The molecule has 0 aromatic carbocycles. The maximum Gasteiger partial charge on any atom is 0.332 e. The number of hydrogen-bond donors (Lipinski definition) is 2. The summed E-state index contributed by atoms with van der Waals surface area (Å²) >= 11 is 0. The van der Waals surface area contributed by atoms with Gasteiger partial charge in [0.15, 0.2) is 0 Å². The van der Waals surface area contributed by atoms with Crippen LogP contribution in [0, 0.1) is 0 Å². The average molecular weight is 239 g/mol. The van der Waals surface area contributed by atoms with Crippen molar-refractivity contribution in [1.82, 2.24) is 9.13 Å². The fourth-order valence-corrected chi connectivity index (χ4v) is 1.42. The van der Waals surface area contributed by atoms with Crippen molar-refractivity contribution in [2.45, 2.75) is 13.0 Å². The summed E-state index contributed by atoms with van der Waals surface area (Å²) in [5.74, 6) is 0.450. The van der Waals surface area contributed by atoms with Gasteiger partial charge in [0.25, 0.3) is 5.56 Å². The molecule has 0 aliphatic heterocycles. The van der Waals surface area contributed by atoms with Crippen molar-refractivity contribution >= 4 is 5.82 Å². The minimum Gasteiger partial charge on any atom is -0.396 e. The van der Waals surface area contributed by atoms with Gasteiger partial charge in [-0.15, -0.1) is 6.58 Å². The molecule has 6 nitrogen and oxygen atoms in total.